The Morgan fingerprint density at radius 3 is 2.85 bits per heavy atom. The first-order valence-corrected chi connectivity index (χ1v) is 8.59. The molecule has 0 aromatic heterocycles. The van der Waals surface area contributed by atoms with E-state index in [2.05, 4.69) is 5.32 Å². The lowest BCUT2D eigenvalue weighted by molar-refractivity contribution is -0.121. The normalized spacial score (nSPS) is 28.1. The molecule has 2 aliphatic heterocycles. The van der Waals surface area contributed by atoms with Gasteiger partial charge in [-0.1, -0.05) is 17.7 Å². The lowest BCUT2D eigenvalue weighted by Crippen LogP contribution is -2.60. The van der Waals surface area contributed by atoms with Gasteiger partial charge in [0.1, 0.15) is 0 Å². The Kier molecular flexibility index (Phi) is 3.17. The highest BCUT2D eigenvalue weighted by Gasteiger charge is 2.45. The van der Waals surface area contributed by atoms with Gasteiger partial charge in [0, 0.05) is 10.7 Å². The van der Waals surface area contributed by atoms with Crippen molar-refractivity contribution in [2.75, 3.05) is 23.0 Å². The molecule has 7 heteroatoms. The Morgan fingerprint density at radius 1 is 1.35 bits per heavy atom. The molecule has 2 saturated heterocycles. The number of amides is 1. The zero-order chi connectivity index (χ0) is 14.5. The maximum atomic E-state index is 11.8. The first kappa shape index (κ1) is 13.7. The zero-order valence-corrected chi connectivity index (χ0v) is 12.5. The molecule has 1 N–H and O–H groups in total. The van der Waals surface area contributed by atoms with Crippen LogP contribution < -0.4 is 10.2 Å². The summed E-state index contributed by atoms with van der Waals surface area (Å²) in [6, 6.07) is 4.93. The van der Waals surface area contributed by atoms with Gasteiger partial charge in [-0.3, -0.25) is 4.79 Å². The van der Waals surface area contributed by atoms with Crippen LogP contribution in [0.15, 0.2) is 18.2 Å². The zero-order valence-electron chi connectivity index (χ0n) is 11.0. The summed E-state index contributed by atoms with van der Waals surface area (Å²) < 4.78 is 23.7. The second-order valence-corrected chi connectivity index (χ2v) is 7.89. The number of anilines is 1. The summed E-state index contributed by atoms with van der Waals surface area (Å²) in [4.78, 5) is 13.7. The monoisotopic (exact) mass is 314 g/mol. The lowest BCUT2D eigenvalue weighted by atomic mass is 10.0. The van der Waals surface area contributed by atoms with Crippen LogP contribution in [-0.2, 0) is 14.6 Å². The van der Waals surface area contributed by atoms with Crippen LogP contribution in [0.5, 0.6) is 0 Å². The van der Waals surface area contributed by atoms with Crippen molar-refractivity contribution in [1.29, 1.82) is 0 Å². The van der Waals surface area contributed by atoms with Crippen molar-refractivity contribution in [1.82, 2.24) is 5.32 Å². The van der Waals surface area contributed by atoms with Crippen molar-refractivity contribution in [3.63, 3.8) is 0 Å². The van der Waals surface area contributed by atoms with Crippen molar-refractivity contribution in [3.05, 3.63) is 28.8 Å². The number of benzene rings is 1. The number of nitrogens with zero attached hydrogens (tertiary/aromatic N) is 1. The van der Waals surface area contributed by atoms with Crippen LogP contribution in [0.25, 0.3) is 0 Å². The van der Waals surface area contributed by atoms with E-state index in [1.54, 1.807) is 6.07 Å². The summed E-state index contributed by atoms with van der Waals surface area (Å²) in [6.45, 7) is 2.04. The van der Waals surface area contributed by atoms with Crippen molar-refractivity contribution >= 4 is 33.0 Å². The summed E-state index contributed by atoms with van der Waals surface area (Å²) in [5.74, 6) is -0.0635. The summed E-state index contributed by atoms with van der Waals surface area (Å²) in [5.41, 5.74) is 1.70. The number of piperazine rings is 1. The van der Waals surface area contributed by atoms with Crippen LogP contribution in [0.4, 0.5) is 5.69 Å². The molecule has 20 heavy (non-hydrogen) atoms. The highest BCUT2D eigenvalue weighted by Crippen LogP contribution is 2.32. The standard InChI is InChI=1S/C13H15ClN2O3S/c1-8-9(14)3-2-4-11(8)16-5-13(17)15-10-6-20(18,19)7-12(10)16/h2-4,10,12H,5-7H2,1H3,(H,15,17)/t10-,12-/m0/s1. The van der Waals surface area contributed by atoms with E-state index in [0.717, 1.165) is 11.3 Å². The third kappa shape index (κ3) is 2.27. The molecule has 1 amide bonds. The third-order valence-electron chi connectivity index (χ3n) is 3.93. The number of carbonyl (C=O) groups excluding carboxylic acids is 1. The van der Waals surface area contributed by atoms with E-state index in [-0.39, 0.29) is 36.0 Å². The quantitative estimate of drug-likeness (QED) is 0.831. The second-order valence-electron chi connectivity index (χ2n) is 5.33. The van der Waals surface area contributed by atoms with E-state index in [9.17, 15) is 13.2 Å². The number of nitrogens with one attached hydrogen (secondary N) is 1. The molecule has 2 atom stereocenters. The molecule has 2 aliphatic rings. The van der Waals surface area contributed by atoms with E-state index in [0.29, 0.717) is 5.02 Å². The maximum absolute atomic E-state index is 11.8. The summed E-state index contributed by atoms with van der Waals surface area (Å²) in [5, 5.41) is 3.39. The fourth-order valence-electron chi connectivity index (χ4n) is 2.97. The van der Waals surface area contributed by atoms with Gasteiger partial charge in [0.25, 0.3) is 0 Å². The van der Waals surface area contributed by atoms with Crippen LogP contribution in [0.3, 0.4) is 0 Å². The lowest BCUT2D eigenvalue weighted by Gasteiger charge is -2.39. The average Bonchev–Trinajstić information content (AvgIpc) is 2.66. The van der Waals surface area contributed by atoms with Gasteiger partial charge in [0.05, 0.1) is 30.1 Å². The molecular formula is C13H15ClN2O3S. The minimum Gasteiger partial charge on any atom is -0.356 e. The Balaban J connectivity index is 2.03. The molecule has 0 saturated carbocycles. The highest BCUT2D eigenvalue weighted by molar-refractivity contribution is 7.91. The Bertz CT molecular complexity index is 674. The van der Waals surface area contributed by atoms with Crippen molar-refractivity contribution in [2.24, 2.45) is 0 Å². The minimum absolute atomic E-state index is 0.0134. The number of hydrogen-bond donors (Lipinski definition) is 1. The fourth-order valence-corrected chi connectivity index (χ4v) is 5.06. The van der Waals surface area contributed by atoms with Crippen LogP contribution in [0.2, 0.25) is 5.02 Å². The van der Waals surface area contributed by atoms with Crippen molar-refractivity contribution < 1.29 is 13.2 Å². The van der Waals surface area contributed by atoms with Crippen LogP contribution in [0, 0.1) is 6.92 Å². The third-order valence-corrected chi connectivity index (χ3v) is 6.06. The van der Waals surface area contributed by atoms with Crippen molar-refractivity contribution in [2.45, 2.75) is 19.0 Å². The Labute approximate surface area is 122 Å². The van der Waals surface area contributed by atoms with Crippen LogP contribution in [0.1, 0.15) is 5.56 Å². The minimum atomic E-state index is -3.11. The molecule has 0 radical (unpaired) electrons. The molecule has 0 unspecified atom stereocenters. The topological polar surface area (TPSA) is 66.5 Å². The van der Waals surface area contributed by atoms with Crippen LogP contribution >= 0.6 is 11.6 Å². The van der Waals surface area contributed by atoms with Gasteiger partial charge in [-0.2, -0.15) is 0 Å². The fraction of sp³-hybridized carbons (Fsp3) is 0.462. The van der Waals surface area contributed by atoms with Gasteiger partial charge in [0.2, 0.25) is 5.91 Å². The first-order chi connectivity index (χ1) is 9.37. The van der Waals surface area contributed by atoms with Crippen LogP contribution in [-0.4, -0.2) is 44.5 Å². The molecule has 1 aromatic rings. The smallest absolute Gasteiger partial charge is 0.239 e. The van der Waals surface area contributed by atoms with Gasteiger partial charge >= 0.3 is 0 Å². The summed E-state index contributed by atoms with van der Waals surface area (Å²) >= 11 is 6.12. The van der Waals surface area contributed by atoms with E-state index >= 15 is 0 Å². The SMILES string of the molecule is Cc1c(Cl)cccc1N1CC(=O)N[C@H]2CS(=O)(=O)C[C@@H]21. The molecule has 0 aliphatic carbocycles. The predicted molar refractivity (Wildman–Crippen MR) is 77.9 cm³/mol. The number of carbonyl (C=O) groups is 1. The summed E-state index contributed by atoms with van der Waals surface area (Å²) in [7, 11) is -3.11. The van der Waals surface area contributed by atoms with Gasteiger partial charge in [0.15, 0.2) is 9.84 Å². The molecule has 0 bridgehead atoms. The van der Waals surface area contributed by atoms with E-state index in [4.69, 9.17) is 11.6 Å². The van der Waals surface area contributed by atoms with Gasteiger partial charge in [-0.15, -0.1) is 0 Å². The van der Waals surface area contributed by atoms with Crippen molar-refractivity contribution in [3.8, 4) is 0 Å². The largest absolute Gasteiger partial charge is 0.356 e. The van der Waals surface area contributed by atoms with Gasteiger partial charge in [-0.25, -0.2) is 8.42 Å². The number of sulfone groups is 1. The number of rotatable bonds is 1. The predicted octanol–water partition coefficient (Wildman–Crippen LogP) is 0.750. The molecule has 108 valence electrons. The first-order valence-electron chi connectivity index (χ1n) is 6.39. The van der Waals surface area contributed by atoms with E-state index in [1.165, 1.54) is 0 Å². The Morgan fingerprint density at radius 2 is 2.10 bits per heavy atom. The molecule has 5 nitrogen and oxygen atoms in total. The molecular weight excluding hydrogens is 300 g/mol. The highest BCUT2D eigenvalue weighted by atomic mass is 35.5. The molecule has 0 spiro atoms. The molecule has 3 rings (SSSR count). The maximum Gasteiger partial charge on any atom is 0.239 e. The average molecular weight is 315 g/mol. The molecule has 2 fully saturated rings. The molecule has 1 aromatic carbocycles. The van der Waals surface area contributed by atoms with Gasteiger partial charge in [-0.05, 0) is 24.6 Å². The van der Waals surface area contributed by atoms with E-state index in [1.807, 2.05) is 24.0 Å². The number of fused-ring (bicyclic) bond motifs is 1. The molecule has 2 heterocycles. The second kappa shape index (κ2) is 4.63. The van der Waals surface area contributed by atoms with E-state index < -0.39 is 9.84 Å². The number of hydrogen-bond acceptors (Lipinski definition) is 4. The summed E-state index contributed by atoms with van der Waals surface area (Å²) in [6.07, 6.45) is 0. The Hall–Kier alpha value is -1.27. The number of halogens is 1. The van der Waals surface area contributed by atoms with Gasteiger partial charge < -0.3 is 10.2 Å².